The number of aromatic nitrogens is 2. The molecule has 1 aromatic heterocycles. The topological polar surface area (TPSA) is 61.7 Å². The van der Waals surface area contributed by atoms with Crippen LogP contribution >= 0.6 is 0 Å². The van der Waals surface area contributed by atoms with Crippen molar-refractivity contribution in [3.05, 3.63) is 52.5 Å². The van der Waals surface area contributed by atoms with Crippen molar-refractivity contribution < 1.29 is 9.84 Å². The van der Waals surface area contributed by atoms with E-state index in [-0.39, 0.29) is 0 Å². The molecule has 170 valence electrons. The first-order valence-electron chi connectivity index (χ1n) is 11.4. The van der Waals surface area contributed by atoms with E-state index in [0.717, 1.165) is 49.9 Å². The summed E-state index contributed by atoms with van der Waals surface area (Å²) in [5.74, 6) is 2.37. The van der Waals surface area contributed by atoms with Gasteiger partial charge in [0.2, 0.25) is 0 Å². The Hall–Kier alpha value is -2.02. The van der Waals surface area contributed by atoms with E-state index in [2.05, 4.69) is 66.7 Å². The number of rotatable bonds is 9. The summed E-state index contributed by atoms with van der Waals surface area (Å²) < 4.78 is 5.59. The van der Waals surface area contributed by atoms with Crippen molar-refractivity contribution in [1.82, 2.24) is 14.9 Å². The lowest BCUT2D eigenvalue weighted by Crippen LogP contribution is -2.49. The van der Waals surface area contributed by atoms with Crippen molar-refractivity contribution >= 4 is 5.82 Å². The third-order valence-electron chi connectivity index (χ3n) is 5.83. The third kappa shape index (κ3) is 6.73. The van der Waals surface area contributed by atoms with Gasteiger partial charge < -0.3 is 14.7 Å². The summed E-state index contributed by atoms with van der Waals surface area (Å²) in [7, 11) is 0. The molecule has 1 atom stereocenters. The smallest absolute Gasteiger partial charge is 0.136 e. The molecular weight excluding hydrogens is 388 g/mol. The summed E-state index contributed by atoms with van der Waals surface area (Å²) in [6.45, 7) is 15.8. The lowest BCUT2D eigenvalue weighted by atomic mass is 9.99. The number of aryl methyl sites for hydroxylation is 3. The van der Waals surface area contributed by atoms with Gasteiger partial charge in [-0.1, -0.05) is 38.1 Å². The Morgan fingerprint density at radius 3 is 2.39 bits per heavy atom. The zero-order valence-corrected chi connectivity index (χ0v) is 19.8. The van der Waals surface area contributed by atoms with Crippen molar-refractivity contribution in [1.29, 1.82) is 0 Å². The molecule has 0 bridgehead atoms. The average molecular weight is 427 g/mol. The zero-order valence-electron chi connectivity index (χ0n) is 19.8. The molecule has 0 amide bonds. The molecule has 0 spiro atoms. The summed E-state index contributed by atoms with van der Waals surface area (Å²) in [6.07, 6.45) is 0.408. The fourth-order valence-electron chi connectivity index (χ4n) is 4.12. The number of aliphatic hydroxyl groups is 1. The Labute approximate surface area is 187 Å². The number of anilines is 1. The number of piperazine rings is 1. The van der Waals surface area contributed by atoms with Gasteiger partial charge in [0.25, 0.3) is 0 Å². The van der Waals surface area contributed by atoms with Gasteiger partial charge in [-0.3, -0.25) is 4.90 Å². The molecule has 1 saturated heterocycles. The first-order valence-corrected chi connectivity index (χ1v) is 11.4. The van der Waals surface area contributed by atoms with Crippen LogP contribution in [0.1, 0.15) is 42.1 Å². The van der Waals surface area contributed by atoms with Crippen LogP contribution in [0.15, 0.2) is 24.3 Å². The van der Waals surface area contributed by atoms with Crippen LogP contribution in [0, 0.1) is 26.7 Å². The summed E-state index contributed by atoms with van der Waals surface area (Å²) in [4.78, 5) is 14.2. The van der Waals surface area contributed by atoms with Crippen LogP contribution in [0.5, 0.6) is 0 Å². The molecule has 2 heterocycles. The van der Waals surface area contributed by atoms with Gasteiger partial charge in [-0.05, 0) is 37.8 Å². The lowest BCUT2D eigenvalue weighted by molar-refractivity contribution is 0.00745. The highest BCUT2D eigenvalue weighted by Crippen LogP contribution is 2.26. The van der Waals surface area contributed by atoms with E-state index < -0.39 is 6.10 Å². The summed E-state index contributed by atoms with van der Waals surface area (Å²) >= 11 is 0. The molecule has 0 aliphatic carbocycles. The maximum absolute atomic E-state index is 10.3. The minimum atomic E-state index is -0.439. The second kappa shape index (κ2) is 11.0. The molecule has 0 radical (unpaired) electrons. The Bertz CT molecular complexity index is 847. The molecule has 31 heavy (non-hydrogen) atoms. The first-order chi connectivity index (χ1) is 14.8. The molecule has 1 aromatic carbocycles. The Kier molecular flexibility index (Phi) is 8.41. The SMILES string of the molecule is Cc1nc(C)c(Cc2ccccc2C)c(N2CCN(CC(O)COCC(C)C)CC2)n1. The quantitative estimate of drug-likeness (QED) is 0.665. The predicted octanol–water partition coefficient (Wildman–Crippen LogP) is 3.15. The van der Waals surface area contributed by atoms with E-state index in [4.69, 9.17) is 9.72 Å². The highest BCUT2D eigenvalue weighted by molar-refractivity contribution is 5.52. The molecule has 1 unspecified atom stereocenters. The van der Waals surface area contributed by atoms with Crippen LogP contribution in [-0.4, -0.2) is 72.0 Å². The molecule has 1 N–H and O–H groups in total. The molecule has 1 aliphatic heterocycles. The van der Waals surface area contributed by atoms with Crippen LogP contribution in [0.2, 0.25) is 0 Å². The number of hydrogen-bond acceptors (Lipinski definition) is 6. The molecule has 1 aliphatic rings. The van der Waals surface area contributed by atoms with E-state index in [9.17, 15) is 5.11 Å². The fourth-order valence-corrected chi connectivity index (χ4v) is 4.12. The third-order valence-corrected chi connectivity index (χ3v) is 5.83. The monoisotopic (exact) mass is 426 g/mol. The van der Waals surface area contributed by atoms with Crippen LogP contribution in [0.25, 0.3) is 0 Å². The zero-order chi connectivity index (χ0) is 22.4. The average Bonchev–Trinajstić information content (AvgIpc) is 2.71. The van der Waals surface area contributed by atoms with E-state index >= 15 is 0 Å². The van der Waals surface area contributed by atoms with E-state index in [0.29, 0.717) is 25.7 Å². The highest BCUT2D eigenvalue weighted by Gasteiger charge is 2.23. The van der Waals surface area contributed by atoms with Gasteiger partial charge in [0.15, 0.2) is 0 Å². The van der Waals surface area contributed by atoms with Gasteiger partial charge in [0, 0.05) is 57.0 Å². The normalized spacial score (nSPS) is 16.2. The Balaban J connectivity index is 1.64. The van der Waals surface area contributed by atoms with Crippen LogP contribution in [0.3, 0.4) is 0 Å². The fraction of sp³-hybridized carbons (Fsp3) is 0.600. The van der Waals surface area contributed by atoms with Gasteiger partial charge in [-0.15, -0.1) is 0 Å². The largest absolute Gasteiger partial charge is 0.389 e. The Morgan fingerprint density at radius 2 is 1.71 bits per heavy atom. The van der Waals surface area contributed by atoms with Crippen molar-refractivity contribution in [3.63, 3.8) is 0 Å². The minimum absolute atomic E-state index is 0.406. The Morgan fingerprint density at radius 1 is 1.00 bits per heavy atom. The molecule has 0 saturated carbocycles. The first kappa shape index (κ1) is 23.6. The van der Waals surface area contributed by atoms with Crippen molar-refractivity contribution in [2.45, 2.75) is 47.1 Å². The van der Waals surface area contributed by atoms with E-state index in [1.54, 1.807) is 0 Å². The van der Waals surface area contributed by atoms with E-state index in [1.807, 2.05) is 6.92 Å². The van der Waals surface area contributed by atoms with Gasteiger partial charge in [-0.25, -0.2) is 9.97 Å². The van der Waals surface area contributed by atoms with Gasteiger partial charge >= 0.3 is 0 Å². The van der Waals surface area contributed by atoms with Crippen molar-refractivity contribution in [2.24, 2.45) is 5.92 Å². The summed E-state index contributed by atoms with van der Waals surface area (Å²) in [6, 6.07) is 8.54. The van der Waals surface area contributed by atoms with Crippen molar-refractivity contribution in [2.75, 3.05) is 50.8 Å². The molecule has 3 rings (SSSR count). The van der Waals surface area contributed by atoms with Crippen LogP contribution < -0.4 is 4.90 Å². The second-order valence-corrected chi connectivity index (χ2v) is 9.13. The van der Waals surface area contributed by atoms with Crippen LogP contribution in [-0.2, 0) is 11.2 Å². The van der Waals surface area contributed by atoms with Crippen LogP contribution in [0.4, 0.5) is 5.82 Å². The maximum Gasteiger partial charge on any atom is 0.136 e. The summed E-state index contributed by atoms with van der Waals surface area (Å²) in [5, 5.41) is 10.3. The predicted molar refractivity (Wildman–Crippen MR) is 126 cm³/mol. The second-order valence-electron chi connectivity index (χ2n) is 9.13. The summed E-state index contributed by atoms with van der Waals surface area (Å²) in [5.41, 5.74) is 4.90. The number of aliphatic hydroxyl groups excluding tert-OH is 1. The maximum atomic E-state index is 10.3. The number of nitrogens with zero attached hydrogens (tertiary/aromatic N) is 4. The number of β-amino-alcohol motifs (C(OH)–C–C–N with tert-alkyl or cyclic N) is 1. The molecule has 2 aromatic rings. The molecule has 6 nitrogen and oxygen atoms in total. The molecule has 1 fully saturated rings. The molecule has 6 heteroatoms. The van der Waals surface area contributed by atoms with Gasteiger partial charge in [0.1, 0.15) is 11.6 Å². The van der Waals surface area contributed by atoms with E-state index in [1.165, 1.54) is 16.7 Å². The number of ether oxygens (including phenoxy) is 1. The number of benzene rings is 1. The number of hydrogen-bond donors (Lipinski definition) is 1. The highest BCUT2D eigenvalue weighted by atomic mass is 16.5. The lowest BCUT2D eigenvalue weighted by Gasteiger charge is -2.37. The minimum Gasteiger partial charge on any atom is -0.389 e. The molecular formula is C25H38N4O2. The van der Waals surface area contributed by atoms with Gasteiger partial charge in [0.05, 0.1) is 12.7 Å². The van der Waals surface area contributed by atoms with Gasteiger partial charge in [-0.2, -0.15) is 0 Å². The standard InChI is InChI=1S/C25H38N4O2/c1-18(2)16-31-17-23(30)15-28-10-12-29(13-11-28)25-24(20(4)26-21(5)27-25)14-22-9-7-6-8-19(22)3/h6-9,18,23,30H,10-17H2,1-5H3. The van der Waals surface area contributed by atoms with Crippen molar-refractivity contribution in [3.8, 4) is 0 Å².